The van der Waals surface area contributed by atoms with Crippen molar-refractivity contribution in [2.75, 3.05) is 45.2 Å². The SMILES string of the molecule is CCN(c1ccc(C(=O)N(CCN(C)C)CC(=O)OC(C)(C)C)cc1)C(C)C. The van der Waals surface area contributed by atoms with Crippen molar-refractivity contribution in [1.82, 2.24) is 9.80 Å². The molecule has 0 aliphatic heterocycles. The van der Waals surface area contributed by atoms with Gasteiger partial charge in [-0.2, -0.15) is 0 Å². The Balaban J connectivity index is 2.96. The van der Waals surface area contributed by atoms with E-state index in [2.05, 4.69) is 25.7 Å². The number of amides is 1. The van der Waals surface area contributed by atoms with Crippen molar-refractivity contribution < 1.29 is 14.3 Å². The molecule has 0 spiro atoms. The van der Waals surface area contributed by atoms with Gasteiger partial charge >= 0.3 is 5.97 Å². The van der Waals surface area contributed by atoms with Crippen LogP contribution >= 0.6 is 0 Å². The molecule has 0 fully saturated rings. The van der Waals surface area contributed by atoms with Crippen LogP contribution in [0.3, 0.4) is 0 Å². The van der Waals surface area contributed by atoms with Crippen LogP contribution in [0.25, 0.3) is 0 Å². The first-order chi connectivity index (χ1) is 12.9. The lowest BCUT2D eigenvalue weighted by atomic mass is 10.1. The second-order valence-corrected chi connectivity index (χ2v) is 8.54. The van der Waals surface area contributed by atoms with Crippen molar-refractivity contribution in [3.05, 3.63) is 29.8 Å². The zero-order chi connectivity index (χ0) is 21.5. The molecule has 0 N–H and O–H groups in total. The van der Waals surface area contributed by atoms with Crippen LogP contribution in [0.5, 0.6) is 0 Å². The zero-order valence-corrected chi connectivity index (χ0v) is 18.8. The number of esters is 1. The van der Waals surface area contributed by atoms with Crippen molar-refractivity contribution in [3.63, 3.8) is 0 Å². The summed E-state index contributed by atoms with van der Waals surface area (Å²) in [4.78, 5) is 31.1. The van der Waals surface area contributed by atoms with Gasteiger partial charge in [0.1, 0.15) is 12.1 Å². The van der Waals surface area contributed by atoms with E-state index in [-0.39, 0.29) is 12.5 Å². The number of benzene rings is 1. The van der Waals surface area contributed by atoms with Crippen LogP contribution in [0.1, 0.15) is 51.9 Å². The lowest BCUT2D eigenvalue weighted by Gasteiger charge is -2.28. The minimum Gasteiger partial charge on any atom is -0.459 e. The molecular formula is C22H37N3O3. The highest BCUT2D eigenvalue weighted by atomic mass is 16.6. The molecule has 158 valence electrons. The second kappa shape index (κ2) is 10.5. The Morgan fingerprint density at radius 2 is 1.61 bits per heavy atom. The molecule has 0 heterocycles. The summed E-state index contributed by atoms with van der Waals surface area (Å²) in [7, 11) is 3.88. The fraction of sp³-hybridized carbons (Fsp3) is 0.636. The molecule has 1 amide bonds. The Bertz CT molecular complexity index is 633. The number of carbonyl (C=O) groups is 2. The topological polar surface area (TPSA) is 53.1 Å². The molecule has 6 heteroatoms. The summed E-state index contributed by atoms with van der Waals surface area (Å²) in [6.45, 7) is 13.8. The molecule has 1 aromatic carbocycles. The van der Waals surface area contributed by atoms with E-state index in [1.54, 1.807) is 4.90 Å². The highest BCUT2D eigenvalue weighted by Gasteiger charge is 2.23. The average Bonchev–Trinajstić information content (AvgIpc) is 2.57. The summed E-state index contributed by atoms with van der Waals surface area (Å²) in [5.41, 5.74) is 1.09. The third kappa shape index (κ3) is 7.89. The summed E-state index contributed by atoms with van der Waals surface area (Å²) >= 11 is 0. The number of likely N-dealkylation sites (N-methyl/N-ethyl adjacent to an activating group) is 1. The molecule has 0 saturated carbocycles. The van der Waals surface area contributed by atoms with Gasteiger partial charge in [0.15, 0.2) is 0 Å². The number of hydrogen-bond donors (Lipinski definition) is 0. The predicted octanol–water partition coefficient (Wildman–Crippen LogP) is 3.27. The van der Waals surface area contributed by atoms with E-state index in [4.69, 9.17) is 4.74 Å². The molecule has 0 saturated heterocycles. The third-order valence-corrected chi connectivity index (χ3v) is 4.25. The lowest BCUT2D eigenvalue weighted by molar-refractivity contribution is -0.155. The van der Waals surface area contributed by atoms with Crippen molar-refractivity contribution in [2.45, 2.75) is 53.2 Å². The fourth-order valence-electron chi connectivity index (χ4n) is 2.93. The van der Waals surface area contributed by atoms with Gasteiger partial charge in [-0.15, -0.1) is 0 Å². The van der Waals surface area contributed by atoms with Gasteiger partial charge in [-0.3, -0.25) is 9.59 Å². The maximum Gasteiger partial charge on any atom is 0.326 e. The van der Waals surface area contributed by atoms with Crippen molar-refractivity contribution >= 4 is 17.6 Å². The van der Waals surface area contributed by atoms with Gasteiger partial charge in [-0.05, 0) is 79.9 Å². The van der Waals surface area contributed by atoms with Crippen molar-refractivity contribution in [2.24, 2.45) is 0 Å². The maximum atomic E-state index is 13.0. The third-order valence-electron chi connectivity index (χ3n) is 4.25. The van der Waals surface area contributed by atoms with Crippen LogP contribution in [-0.4, -0.2) is 73.6 Å². The number of hydrogen-bond acceptors (Lipinski definition) is 5. The van der Waals surface area contributed by atoms with Gasteiger partial charge in [0.25, 0.3) is 5.91 Å². The minimum atomic E-state index is -0.574. The average molecular weight is 392 g/mol. The molecule has 0 radical (unpaired) electrons. The Kier molecular flexibility index (Phi) is 8.95. The molecule has 1 aromatic rings. The summed E-state index contributed by atoms with van der Waals surface area (Å²) < 4.78 is 5.40. The van der Waals surface area contributed by atoms with E-state index < -0.39 is 11.6 Å². The van der Waals surface area contributed by atoms with Gasteiger partial charge < -0.3 is 19.4 Å². The summed E-state index contributed by atoms with van der Waals surface area (Å²) in [6, 6.07) is 7.99. The number of carbonyl (C=O) groups excluding carboxylic acids is 2. The smallest absolute Gasteiger partial charge is 0.326 e. The van der Waals surface area contributed by atoms with Crippen LogP contribution in [0.4, 0.5) is 5.69 Å². The van der Waals surface area contributed by atoms with Crippen molar-refractivity contribution in [1.29, 1.82) is 0 Å². The molecule has 0 unspecified atom stereocenters. The molecule has 0 aliphatic carbocycles. The molecule has 0 aromatic heterocycles. The summed E-state index contributed by atoms with van der Waals surface area (Å²) in [5, 5.41) is 0. The number of nitrogens with zero attached hydrogens (tertiary/aromatic N) is 3. The van der Waals surface area contributed by atoms with Crippen LogP contribution in [0.15, 0.2) is 24.3 Å². The molecule has 0 atom stereocenters. The van der Waals surface area contributed by atoms with Crippen LogP contribution in [0, 0.1) is 0 Å². The monoisotopic (exact) mass is 391 g/mol. The van der Waals surface area contributed by atoms with E-state index in [0.717, 1.165) is 12.2 Å². The Morgan fingerprint density at radius 3 is 2.04 bits per heavy atom. The van der Waals surface area contributed by atoms with Crippen LogP contribution in [0.2, 0.25) is 0 Å². The normalized spacial score (nSPS) is 11.6. The van der Waals surface area contributed by atoms with Crippen LogP contribution < -0.4 is 4.90 Å². The van der Waals surface area contributed by atoms with Gasteiger partial charge in [0.2, 0.25) is 0 Å². The van der Waals surface area contributed by atoms with Gasteiger partial charge in [0.05, 0.1) is 0 Å². The zero-order valence-electron chi connectivity index (χ0n) is 18.8. The first-order valence-electron chi connectivity index (χ1n) is 9.97. The Labute approximate surface area is 170 Å². The van der Waals surface area contributed by atoms with Crippen LogP contribution in [-0.2, 0) is 9.53 Å². The second-order valence-electron chi connectivity index (χ2n) is 8.54. The highest BCUT2D eigenvalue weighted by Crippen LogP contribution is 2.19. The summed E-state index contributed by atoms with van der Waals surface area (Å²) in [6.07, 6.45) is 0. The molecule has 6 nitrogen and oxygen atoms in total. The van der Waals surface area contributed by atoms with E-state index >= 15 is 0 Å². The Hall–Kier alpha value is -2.08. The fourth-order valence-corrected chi connectivity index (χ4v) is 2.93. The highest BCUT2D eigenvalue weighted by molar-refractivity contribution is 5.96. The summed E-state index contributed by atoms with van der Waals surface area (Å²) in [5.74, 6) is -0.556. The molecule has 0 aliphatic rings. The van der Waals surface area contributed by atoms with E-state index in [1.807, 2.05) is 64.0 Å². The predicted molar refractivity (Wildman–Crippen MR) is 115 cm³/mol. The number of anilines is 1. The molecular weight excluding hydrogens is 354 g/mol. The first kappa shape index (κ1) is 24.0. The molecule has 0 bridgehead atoms. The first-order valence-corrected chi connectivity index (χ1v) is 9.97. The quantitative estimate of drug-likeness (QED) is 0.605. The van der Waals surface area contributed by atoms with Crippen molar-refractivity contribution in [3.8, 4) is 0 Å². The van der Waals surface area contributed by atoms with E-state index in [9.17, 15) is 9.59 Å². The van der Waals surface area contributed by atoms with Gasteiger partial charge in [-0.25, -0.2) is 0 Å². The largest absolute Gasteiger partial charge is 0.459 e. The minimum absolute atomic E-state index is 0.0568. The maximum absolute atomic E-state index is 13.0. The van der Waals surface area contributed by atoms with E-state index in [1.165, 1.54) is 0 Å². The number of ether oxygens (including phenoxy) is 1. The Morgan fingerprint density at radius 1 is 1.04 bits per heavy atom. The number of rotatable bonds is 9. The van der Waals surface area contributed by atoms with Gasteiger partial charge in [0, 0.05) is 36.9 Å². The lowest BCUT2D eigenvalue weighted by Crippen LogP contribution is -2.42. The molecule has 1 rings (SSSR count). The standard InChI is InChI=1S/C22H37N3O3/c1-9-25(17(2)3)19-12-10-18(11-13-19)21(27)24(15-14-23(7)8)16-20(26)28-22(4,5)6/h10-13,17H,9,14-16H2,1-8H3. The van der Waals surface area contributed by atoms with E-state index in [0.29, 0.717) is 24.7 Å². The molecule has 28 heavy (non-hydrogen) atoms. The van der Waals surface area contributed by atoms with Gasteiger partial charge in [-0.1, -0.05) is 0 Å².